The highest BCUT2D eigenvalue weighted by atomic mass is 16.2. The standard InChI is InChI=1S/C14H26N4O2/c1-11(2)16-13(19)10-18-7-3-4-12(18)14(20)17-8-5-15-6-9-17/h11-12,15H,3-10H2,1-2H3,(H,16,19). The van der Waals surface area contributed by atoms with Gasteiger partial charge in [0.15, 0.2) is 0 Å². The van der Waals surface area contributed by atoms with E-state index in [1.165, 1.54) is 0 Å². The van der Waals surface area contributed by atoms with E-state index in [2.05, 4.69) is 10.6 Å². The molecule has 6 nitrogen and oxygen atoms in total. The van der Waals surface area contributed by atoms with Gasteiger partial charge in [0.1, 0.15) is 0 Å². The smallest absolute Gasteiger partial charge is 0.240 e. The lowest BCUT2D eigenvalue weighted by atomic mass is 10.1. The normalized spacial score (nSPS) is 24.1. The van der Waals surface area contributed by atoms with Crippen molar-refractivity contribution in [3.8, 4) is 0 Å². The van der Waals surface area contributed by atoms with E-state index in [1.807, 2.05) is 23.6 Å². The van der Waals surface area contributed by atoms with E-state index in [0.29, 0.717) is 6.54 Å². The van der Waals surface area contributed by atoms with Gasteiger partial charge in [-0.2, -0.15) is 0 Å². The van der Waals surface area contributed by atoms with Crippen molar-refractivity contribution in [1.29, 1.82) is 0 Å². The molecule has 0 spiro atoms. The Labute approximate surface area is 120 Å². The summed E-state index contributed by atoms with van der Waals surface area (Å²) in [6.07, 6.45) is 1.87. The molecule has 1 atom stereocenters. The van der Waals surface area contributed by atoms with E-state index in [0.717, 1.165) is 45.6 Å². The number of likely N-dealkylation sites (tertiary alicyclic amines) is 1. The summed E-state index contributed by atoms with van der Waals surface area (Å²) < 4.78 is 0. The fraction of sp³-hybridized carbons (Fsp3) is 0.857. The predicted molar refractivity (Wildman–Crippen MR) is 77.3 cm³/mol. The van der Waals surface area contributed by atoms with Crippen molar-refractivity contribution in [3.05, 3.63) is 0 Å². The van der Waals surface area contributed by atoms with Crippen LogP contribution in [0, 0.1) is 0 Å². The van der Waals surface area contributed by atoms with Crippen LogP contribution in [0.3, 0.4) is 0 Å². The molecule has 114 valence electrons. The van der Waals surface area contributed by atoms with E-state index in [9.17, 15) is 9.59 Å². The van der Waals surface area contributed by atoms with Gasteiger partial charge >= 0.3 is 0 Å². The molecule has 0 radical (unpaired) electrons. The number of rotatable bonds is 4. The maximum absolute atomic E-state index is 12.5. The number of nitrogens with zero attached hydrogens (tertiary/aromatic N) is 2. The van der Waals surface area contributed by atoms with Crippen LogP contribution in [0.1, 0.15) is 26.7 Å². The number of hydrogen-bond acceptors (Lipinski definition) is 4. The van der Waals surface area contributed by atoms with Gasteiger partial charge in [0.25, 0.3) is 0 Å². The lowest BCUT2D eigenvalue weighted by molar-refractivity contribution is -0.137. The summed E-state index contributed by atoms with van der Waals surface area (Å²) in [6.45, 7) is 8.37. The van der Waals surface area contributed by atoms with Gasteiger partial charge in [-0.3, -0.25) is 14.5 Å². The van der Waals surface area contributed by atoms with Gasteiger partial charge in [0.05, 0.1) is 12.6 Å². The molecule has 0 aliphatic carbocycles. The van der Waals surface area contributed by atoms with Crippen molar-refractivity contribution in [3.63, 3.8) is 0 Å². The van der Waals surface area contributed by atoms with E-state index < -0.39 is 0 Å². The molecule has 2 aliphatic rings. The molecule has 2 saturated heterocycles. The minimum Gasteiger partial charge on any atom is -0.353 e. The molecule has 2 rings (SSSR count). The van der Waals surface area contributed by atoms with Crippen LogP contribution >= 0.6 is 0 Å². The van der Waals surface area contributed by atoms with Crippen LogP contribution in [-0.2, 0) is 9.59 Å². The molecule has 6 heteroatoms. The molecule has 0 aromatic carbocycles. The molecule has 2 aliphatic heterocycles. The molecule has 2 N–H and O–H groups in total. The van der Waals surface area contributed by atoms with Gasteiger partial charge < -0.3 is 15.5 Å². The Balaban J connectivity index is 1.89. The molecule has 20 heavy (non-hydrogen) atoms. The Morgan fingerprint density at radius 1 is 1.25 bits per heavy atom. The Hall–Kier alpha value is -1.14. The molecular formula is C14H26N4O2. The second-order valence-corrected chi connectivity index (χ2v) is 5.93. The highest BCUT2D eigenvalue weighted by Crippen LogP contribution is 2.19. The van der Waals surface area contributed by atoms with Gasteiger partial charge in [-0.15, -0.1) is 0 Å². The fourth-order valence-electron chi connectivity index (χ4n) is 2.94. The average molecular weight is 282 g/mol. The number of amides is 2. The third kappa shape index (κ3) is 3.93. The first-order valence-corrected chi connectivity index (χ1v) is 7.61. The molecule has 0 saturated carbocycles. The zero-order chi connectivity index (χ0) is 14.5. The van der Waals surface area contributed by atoms with Crippen molar-refractivity contribution in [2.75, 3.05) is 39.3 Å². The van der Waals surface area contributed by atoms with E-state index in [-0.39, 0.29) is 23.9 Å². The summed E-state index contributed by atoms with van der Waals surface area (Å²) in [5.74, 6) is 0.210. The third-order valence-corrected chi connectivity index (χ3v) is 3.87. The van der Waals surface area contributed by atoms with Crippen LogP contribution in [-0.4, -0.2) is 73.0 Å². The minimum absolute atomic E-state index is 0.0139. The predicted octanol–water partition coefficient (Wildman–Crippen LogP) is -0.593. The lowest BCUT2D eigenvalue weighted by Crippen LogP contribution is -2.53. The average Bonchev–Trinajstić information content (AvgIpc) is 2.86. The van der Waals surface area contributed by atoms with Crippen LogP contribution in [0.15, 0.2) is 0 Å². The number of hydrogen-bond donors (Lipinski definition) is 2. The maximum Gasteiger partial charge on any atom is 0.240 e. The Bertz CT molecular complexity index is 353. The van der Waals surface area contributed by atoms with Gasteiger partial charge in [-0.25, -0.2) is 0 Å². The van der Waals surface area contributed by atoms with Gasteiger partial charge in [0.2, 0.25) is 11.8 Å². The lowest BCUT2D eigenvalue weighted by Gasteiger charge is -2.32. The number of nitrogens with one attached hydrogen (secondary N) is 2. The molecule has 2 heterocycles. The largest absolute Gasteiger partial charge is 0.353 e. The Morgan fingerprint density at radius 2 is 1.95 bits per heavy atom. The van der Waals surface area contributed by atoms with Crippen molar-refractivity contribution >= 4 is 11.8 Å². The first-order chi connectivity index (χ1) is 9.58. The second-order valence-electron chi connectivity index (χ2n) is 5.93. The molecular weight excluding hydrogens is 256 g/mol. The van der Waals surface area contributed by atoms with Gasteiger partial charge in [-0.1, -0.05) is 0 Å². The maximum atomic E-state index is 12.5. The van der Waals surface area contributed by atoms with Crippen LogP contribution in [0.25, 0.3) is 0 Å². The monoisotopic (exact) mass is 282 g/mol. The molecule has 0 aromatic heterocycles. The minimum atomic E-state index is -0.106. The molecule has 0 aromatic rings. The second kappa shape index (κ2) is 7.04. The summed E-state index contributed by atoms with van der Waals surface area (Å²) in [6, 6.07) is 0.0402. The van der Waals surface area contributed by atoms with Crippen molar-refractivity contribution in [2.45, 2.75) is 38.8 Å². The van der Waals surface area contributed by atoms with Crippen LogP contribution in [0.2, 0.25) is 0 Å². The summed E-state index contributed by atoms with van der Waals surface area (Å²) in [5, 5.41) is 6.15. The molecule has 1 unspecified atom stereocenters. The van der Waals surface area contributed by atoms with Crippen LogP contribution < -0.4 is 10.6 Å². The summed E-state index contributed by atoms with van der Waals surface area (Å²) >= 11 is 0. The van der Waals surface area contributed by atoms with E-state index in [4.69, 9.17) is 0 Å². The number of carbonyl (C=O) groups excluding carboxylic acids is 2. The molecule has 2 fully saturated rings. The number of piperazine rings is 1. The molecule has 2 amide bonds. The number of carbonyl (C=O) groups is 2. The highest BCUT2D eigenvalue weighted by molar-refractivity contribution is 5.84. The Kier molecular flexibility index (Phi) is 5.37. The fourth-order valence-corrected chi connectivity index (χ4v) is 2.94. The van der Waals surface area contributed by atoms with Crippen LogP contribution in [0.4, 0.5) is 0 Å². The highest BCUT2D eigenvalue weighted by Gasteiger charge is 2.34. The van der Waals surface area contributed by atoms with Crippen molar-refractivity contribution in [1.82, 2.24) is 20.4 Å². The first kappa shape index (κ1) is 15.3. The quantitative estimate of drug-likeness (QED) is 0.723. The van der Waals surface area contributed by atoms with Gasteiger partial charge in [-0.05, 0) is 33.2 Å². The zero-order valence-electron chi connectivity index (χ0n) is 12.5. The third-order valence-electron chi connectivity index (χ3n) is 3.87. The SMILES string of the molecule is CC(C)NC(=O)CN1CCCC1C(=O)N1CCNCC1. The topological polar surface area (TPSA) is 64.7 Å². The molecule has 0 bridgehead atoms. The van der Waals surface area contributed by atoms with E-state index >= 15 is 0 Å². The van der Waals surface area contributed by atoms with E-state index in [1.54, 1.807) is 0 Å². The summed E-state index contributed by atoms with van der Waals surface area (Å²) in [5.41, 5.74) is 0. The summed E-state index contributed by atoms with van der Waals surface area (Å²) in [4.78, 5) is 28.4. The van der Waals surface area contributed by atoms with Crippen LogP contribution in [0.5, 0.6) is 0 Å². The first-order valence-electron chi connectivity index (χ1n) is 7.61. The zero-order valence-corrected chi connectivity index (χ0v) is 12.5. The van der Waals surface area contributed by atoms with Gasteiger partial charge in [0, 0.05) is 32.2 Å². The van der Waals surface area contributed by atoms with Crippen molar-refractivity contribution in [2.24, 2.45) is 0 Å². The summed E-state index contributed by atoms with van der Waals surface area (Å²) in [7, 11) is 0. The Morgan fingerprint density at radius 3 is 2.60 bits per heavy atom. The van der Waals surface area contributed by atoms with Crippen molar-refractivity contribution < 1.29 is 9.59 Å².